The lowest BCUT2D eigenvalue weighted by Crippen LogP contribution is -2.21. The monoisotopic (exact) mass is 323 g/mol. The maximum atomic E-state index is 9.31. The quantitative estimate of drug-likeness (QED) is 0.763. The lowest BCUT2D eigenvalue weighted by atomic mass is 9.71. The van der Waals surface area contributed by atoms with Gasteiger partial charge in [-0.25, -0.2) is 0 Å². The summed E-state index contributed by atoms with van der Waals surface area (Å²) in [7, 11) is 1.77. The van der Waals surface area contributed by atoms with Gasteiger partial charge in [0.1, 0.15) is 11.6 Å². The molecule has 3 atom stereocenters. The zero-order chi connectivity index (χ0) is 16.9. The first kappa shape index (κ1) is 16.9. The summed E-state index contributed by atoms with van der Waals surface area (Å²) in [4.78, 5) is 8.96. The van der Waals surface area contributed by atoms with Crippen LogP contribution in [0.5, 0.6) is 0 Å². The molecule has 3 rings (SSSR count). The highest BCUT2D eigenvalue weighted by atomic mass is 16.5. The molecule has 1 aliphatic rings. The summed E-state index contributed by atoms with van der Waals surface area (Å²) in [6.45, 7) is 3.20. The number of benzene rings is 1. The first-order valence-corrected chi connectivity index (χ1v) is 8.85. The molecule has 4 heteroatoms. The number of nitrogens with zero attached hydrogens (tertiary/aromatic N) is 3. The molecule has 0 saturated heterocycles. The topological polar surface area (TPSA) is 58.8 Å². The van der Waals surface area contributed by atoms with E-state index in [2.05, 4.69) is 29.0 Å². The molecule has 4 nitrogen and oxygen atoms in total. The smallest absolute Gasteiger partial charge is 0.107 e. The zero-order valence-corrected chi connectivity index (χ0v) is 14.5. The van der Waals surface area contributed by atoms with Crippen molar-refractivity contribution in [1.82, 2.24) is 9.97 Å². The number of rotatable bonds is 5. The Morgan fingerprint density at radius 1 is 1.17 bits per heavy atom. The summed E-state index contributed by atoms with van der Waals surface area (Å²) >= 11 is 0. The van der Waals surface area contributed by atoms with Gasteiger partial charge in [-0.15, -0.1) is 0 Å². The van der Waals surface area contributed by atoms with Crippen LogP contribution in [0.1, 0.15) is 56.1 Å². The second kappa shape index (κ2) is 7.72. The van der Waals surface area contributed by atoms with Gasteiger partial charge in [0.2, 0.25) is 0 Å². The van der Waals surface area contributed by atoms with E-state index in [1.807, 2.05) is 6.07 Å². The number of fused-ring (bicyclic) bond motifs is 1. The number of hydrogen-bond donors (Lipinski definition) is 0. The third-order valence-electron chi connectivity index (χ3n) is 5.22. The molecule has 0 N–H and O–H groups in total. The van der Waals surface area contributed by atoms with Gasteiger partial charge in [-0.1, -0.05) is 13.0 Å². The van der Waals surface area contributed by atoms with Crippen LogP contribution < -0.4 is 0 Å². The summed E-state index contributed by atoms with van der Waals surface area (Å²) in [6, 6.07) is 6.25. The zero-order valence-electron chi connectivity index (χ0n) is 14.5. The minimum Gasteiger partial charge on any atom is -0.385 e. The summed E-state index contributed by atoms with van der Waals surface area (Å²) in [5.74, 6) is 1.98. The maximum absolute atomic E-state index is 9.31. The Balaban J connectivity index is 1.88. The molecule has 1 saturated carbocycles. The number of methoxy groups -OCH3 is 1. The molecular formula is C20H25N3O. The molecule has 0 amide bonds. The van der Waals surface area contributed by atoms with Crippen molar-refractivity contribution in [3.8, 4) is 6.07 Å². The lowest BCUT2D eigenvalue weighted by molar-refractivity contribution is 0.171. The van der Waals surface area contributed by atoms with Gasteiger partial charge in [0.05, 0.1) is 11.1 Å². The van der Waals surface area contributed by atoms with Crippen LogP contribution in [-0.2, 0) is 4.74 Å². The highest BCUT2D eigenvalue weighted by molar-refractivity contribution is 5.83. The summed E-state index contributed by atoms with van der Waals surface area (Å²) in [5, 5.41) is 9.31. The van der Waals surface area contributed by atoms with Crippen LogP contribution in [0.2, 0.25) is 0 Å². The Labute approximate surface area is 143 Å². The standard InChI is InChI=1S/C20H25N3O/c1-14-10-15(4-3-9-24-2)12-17(11-14)18-6-5-16(13-21)19-20(18)23-8-7-22-19/h5-8,14-15,17H,3-4,9-12H2,1-2H3/t14-,15+,17-/m0/s1. The van der Waals surface area contributed by atoms with Gasteiger partial charge in [0, 0.05) is 26.1 Å². The van der Waals surface area contributed by atoms with E-state index in [4.69, 9.17) is 4.74 Å². The van der Waals surface area contributed by atoms with Crippen molar-refractivity contribution in [2.24, 2.45) is 11.8 Å². The first-order valence-electron chi connectivity index (χ1n) is 8.85. The van der Waals surface area contributed by atoms with Crippen molar-refractivity contribution < 1.29 is 4.74 Å². The number of nitriles is 1. The molecule has 0 spiro atoms. The van der Waals surface area contributed by atoms with Crippen molar-refractivity contribution in [1.29, 1.82) is 5.26 Å². The van der Waals surface area contributed by atoms with E-state index in [0.717, 1.165) is 35.9 Å². The van der Waals surface area contributed by atoms with E-state index < -0.39 is 0 Å². The summed E-state index contributed by atoms with van der Waals surface area (Å²) in [6.07, 6.45) is 9.46. The van der Waals surface area contributed by atoms with Crippen molar-refractivity contribution >= 4 is 11.0 Å². The fourth-order valence-corrected chi connectivity index (χ4v) is 4.25. The van der Waals surface area contributed by atoms with Gasteiger partial charge >= 0.3 is 0 Å². The Morgan fingerprint density at radius 2 is 1.96 bits per heavy atom. The van der Waals surface area contributed by atoms with E-state index >= 15 is 0 Å². The molecule has 24 heavy (non-hydrogen) atoms. The summed E-state index contributed by atoms with van der Waals surface area (Å²) < 4.78 is 5.21. The van der Waals surface area contributed by atoms with E-state index in [-0.39, 0.29) is 0 Å². The van der Waals surface area contributed by atoms with Crippen LogP contribution in [-0.4, -0.2) is 23.7 Å². The number of hydrogen-bond acceptors (Lipinski definition) is 4. The van der Waals surface area contributed by atoms with Crippen LogP contribution in [0.3, 0.4) is 0 Å². The Hall–Kier alpha value is -1.99. The molecule has 0 radical (unpaired) electrons. The number of aromatic nitrogens is 2. The fraction of sp³-hybridized carbons (Fsp3) is 0.550. The van der Waals surface area contributed by atoms with E-state index in [0.29, 0.717) is 11.5 Å². The average Bonchev–Trinajstić information content (AvgIpc) is 2.60. The summed E-state index contributed by atoms with van der Waals surface area (Å²) in [5.41, 5.74) is 3.53. The SMILES string of the molecule is COCCC[C@@H]1C[C@H](C)C[C@H](c2ccc(C#N)c3nccnc23)C1. The predicted molar refractivity (Wildman–Crippen MR) is 94.6 cm³/mol. The largest absolute Gasteiger partial charge is 0.385 e. The molecule has 0 unspecified atom stereocenters. The minimum absolute atomic E-state index is 0.508. The number of ether oxygens (including phenoxy) is 1. The first-order chi connectivity index (χ1) is 11.7. The van der Waals surface area contributed by atoms with Crippen molar-refractivity contribution in [3.63, 3.8) is 0 Å². The molecule has 2 aromatic rings. The Morgan fingerprint density at radius 3 is 2.71 bits per heavy atom. The van der Waals surface area contributed by atoms with Crippen LogP contribution in [0, 0.1) is 23.2 Å². The molecule has 0 bridgehead atoms. The van der Waals surface area contributed by atoms with E-state index in [9.17, 15) is 5.26 Å². The Kier molecular flexibility index (Phi) is 5.42. The van der Waals surface area contributed by atoms with Gasteiger partial charge in [-0.2, -0.15) is 5.26 Å². The van der Waals surface area contributed by atoms with Crippen molar-refractivity contribution in [2.75, 3.05) is 13.7 Å². The molecular weight excluding hydrogens is 298 g/mol. The lowest BCUT2D eigenvalue weighted by Gasteiger charge is -2.34. The molecule has 1 heterocycles. The van der Waals surface area contributed by atoms with Crippen molar-refractivity contribution in [2.45, 2.75) is 44.9 Å². The van der Waals surface area contributed by atoms with Gasteiger partial charge in [-0.05, 0) is 61.5 Å². The van der Waals surface area contributed by atoms with Crippen molar-refractivity contribution in [3.05, 3.63) is 35.7 Å². The molecule has 1 fully saturated rings. The molecule has 1 aromatic carbocycles. The highest BCUT2D eigenvalue weighted by Gasteiger charge is 2.29. The third-order valence-corrected chi connectivity index (χ3v) is 5.22. The van der Waals surface area contributed by atoms with Gasteiger partial charge in [0.25, 0.3) is 0 Å². The predicted octanol–water partition coefficient (Wildman–Crippen LogP) is 4.45. The van der Waals surface area contributed by atoms with Gasteiger partial charge in [-0.3, -0.25) is 9.97 Å². The van der Waals surface area contributed by atoms with E-state index in [1.165, 1.54) is 31.2 Å². The van der Waals surface area contributed by atoms with Crippen LogP contribution in [0.15, 0.2) is 24.5 Å². The highest BCUT2D eigenvalue weighted by Crippen LogP contribution is 2.42. The van der Waals surface area contributed by atoms with Crippen LogP contribution >= 0.6 is 0 Å². The second-order valence-electron chi connectivity index (χ2n) is 7.08. The van der Waals surface area contributed by atoms with Gasteiger partial charge in [0.15, 0.2) is 0 Å². The minimum atomic E-state index is 0.508. The molecule has 126 valence electrons. The van der Waals surface area contributed by atoms with Crippen LogP contribution in [0.4, 0.5) is 0 Å². The van der Waals surface area contributed by atoms with E-state index in [1.54, 1.807) is 19.5 Å². The molecule has 1 aromatic heterocycles. The fourth-order valence-electron chi connectivity index (χ4n) is 4.25. The second-order valence-corrected chi connectivity index (χ2v) is 7.08. The molecule has 1 aliphatic carbocycles. The van der Waals surface area contributed by atoms with Crippen LogP contribution in [0.25, 0.3) is 11.0 Å². The average molecular weight is 323 g/mol. The normalized spacial score (nSPS) is 24.0. The third kappa shape index (κ3) is 3.57. The van der Waals surface area contributed by atoms with Gasteiger partial charge < -0.3 is 4.74 Å². The maximum Gasteiger partial charge on any atom is 0.107 e. The molecule has 0 aliphatic heterocycles. The Bertz CT molecular complexity index is 737.